The second-order valence-corrected chi connectivity index (χ2v) is 19.3. The topological polar surface area (TPSA) is 158 Å². The van der Waals surface area contributed by atoms with Gasteiger partial charge in [0.2, 0.25) is 5.91 Å². The maximum absolute atomic E-state index is 13.1. The van der Waals surface area contributed by atoms with E-state index in [1.54, 1.807) is 0 Å². The number of amides is 1. The molecule has 0 fully saturated rings. The third-order valence-corrected chi connectivity index (χ3v) is 12.2. The van der Waals surface area contributed by atoms with E-state index in [0.29, 0.717) is 49.9 Å². The number of carbonyl (C=O) groups excluding carboxylic acids is 3. The number of esters is 2. The van der Waals surface area contributed by atoms with Crippen molar-refractivity contribution < 1.29 is 28.3 Å². The van der Waals surface area contributed by atoms with E-state index in [-0.39, 0.29) is 30.5 Å². The average Bonchev–Trinajstić information content (AvgIpc) is 3.28. The van der Waals surface area contributed by atoms with E-state index < -0.39 is 6.10 Å². The number of unbranched alkanes of at least 4 members (excludes halogenated alkanes) is 22. The van der Waals surface area contributed by atoms with Crippen LogP contribution >= 0.6 is 0 Å². The van der Waals surface area contributed by atoms with Crippen LogP contribution in [0.25, 0.3) is 0 Å². The summed E-state index contributed by atoms with van der Waals surface area (Å²) < 4.78 is 12.4. The number of hydrogen-bond donors (Lipinski definition) is 5. The number of nitrogens with two attached hydrogens (primary N) is 2. The first-order valence-electron chi connectivity index (χ1n) is 27.2. The molecule has 0 aromatic carbocycles. The second-order valence-electron chi connectivity index (χ2n) is 19.3. The van der Waals surface area contributed by atoms with Gasteiger partial charge >= 0.3 is 11.9 Å². The number of rotatable bonds is 50. The van der Waals surface area contributed by atoms with Gasteiger partial charge in [-0.3, -0.25) is 14.4 Å². The lowest BCUT2D eigenvalue weighted by molar-refractivity contribution is -0.892. The minimum atomic E-state index is -0.512. The van der Waals surface area contributed by atoms with Crippen LogP contribution in [0.1, 0.15) is 219 Å². The van der Waals surface area contributed by atoms with E-state index in [0.717, 1.165) is 96.8 Å². The van der Waals surface area contributed by atoms with E-state index in [2.05, 4.69) is 68.2 Å². The molecule has 0 saturated carbocycles. The summed E-state index contributed by atoms with van der Waals surface area (Å²) >= 11 is 0. The first kappa shape index (κ1) is 62.7. The van der Waals surface area contributed by atoms with Gasteiger partial charge in [-0.25, -0.2) is 0 Å². The minimum Gasteiger partial charge on any atom is -0.461 e. The molecule has 1 amide bonds. The highest BCUT2D eigenvalue weighted by atomic mass is 16.6. The highest BCUT2D eigenvalue weighted by Crippen LogP contribution is 2.14. The van der Waals surface area contributed by atoms with Crippen LogP contribution < -0.4 is 27.4 Å². The molecule has 0 aliphatic heterocycles. The van der Waals surface area contributed by atoms with Crippen molar-refractivity contribution in [3.05, 3.63) is 24.3 Å². The van der Waals surface area contributed by atoms with Crippen molar-refractivity contribution in [2.75, 3.05) is 73.1 Å². The minimum absolute atomic E-state index is 0.0492. The van der Waals surface area contributed by atoms with Crippen LogP contribution in [0.4, 0.5) is 0 Å². The fourth-order valence-electron chi connectivity index (χ4n) is 8.02. The van der Waals surface area contributed by atoms with Crippen LogP contribution in [0.15, 0.2) is 24.3 Å². The molecule has 11 heteroatoms. The second kappa shape index (κ2) is 48.2. The van der Waals surface area contributed by atoms with Crippen molar-refractivity contribution in [1.29, 1.82) is 0 Å². The Labute approximate surface area is 401 Å². The molecule has 0 radical (unpaired) electrons. The standard InChI is InChI=1S/C54H106N6O5/c1-5-7-9-11-13-15-17-19-21-23-25-27-29-31-33-37-53(62)64-49-51(65-54(63)38-34-32-30-28-26-24-22-20-18-16-14-12-10-8-6-2)48-60(3,4)46-45-57-47-50(58-43-35-41-55)39-40-52(61)59-44-36-42-56/h19-22,50-51,57-58H,5-18,23-49,55-56H2,1-4H3/p+1. The number of hydrogen-bond acceptors (Lipinski definition) is 9. The number of nitrogens with zero attached hydrogens (tertiary/aromatic N) is 1. The Kier molecular flexibility index (Phi) is 46.4. The maximum atomic E-state index is 13.1. The lowest BCUT2D eigenvalue weighted by atomic mass is 10.1. The van der Waals surface area contributed by atoms with Crippen molar-refractivity contribution in [2.24, 2.45) is 11.5 Å². The van der Waals surface area contributed by atoms with Crippen molar-refractivity contribution in [3.63, 3.8) is 0 Å². The Balaban J connectivity index is 4.85. The third kappa shape index (κ3) is 46.6. The predicted molar refractivity (Wildman–Crippen MR) is 276 cm³/mol. The molecule has 0 aliphatic rings. The van der Waals surface area contributed by atoms with Crippen LogP contribution in [0.5, 0.6) is 0 Å². The van der Waals surface area contributed by atoms with Gasteiger partial charge in [-0.1, -0.05) is 141 Å². The van der Waals surface area contributed by atoms with E-state index in [1.807, 2.05) is 0 Å². The largest absolute Gasteiger partial charge is 0.461 e. The Hall–Kier alpha value is -2.31. The highest BCUT2D eigenvalue weighted by Gasteiger charge is 2.27. The van der Waals surface area contributed by atoms with Crippen molar-refractivity contribution in [1.82, 2.24) is 16.0 Å². The number of ether oxygens (including phenoxy) is 2. The molecule has 0 bridgehead atoms. The molecule has 7 N–H and O–H groups in total. The quantitative estimate of drug-likeness (QED) is 0.0173. The van der Waals surface area contributed by atoms with E-state index >= 15 is 0 Å². The van der Waals surface area contributed by atoms with E-state index in [1.165, 1.54) is 116 Å². The van der Waals surface area contributed by atoms with Gasteiger partial charge in [0.15, 0.2) is 6.10 Å². The summed E-state index contributed by atoms with van der Waals surface area (Å²) in [6.07, 6.45) is 44.0. The normalized spacial score (nSPS) is 12.9. The van der Waals surface area contributed by atoms with Gasteiger partial charge in [-0.05, 0) is 103 Å². The molecule has 0 heterocycles. The number of likely N-dealkylation sites (N-methyl/N-ethyl adjacent to an activating group) is 1. The van der Waals surface area contributed by atoms with Gasteiger partial charge < -0.3 is 41.4 Å². The molecular formula is C54H107N6O5+. The van der Waals surface area contributed by atoms with Crippen LogP contribution in [0, 0.1) is 0 Å². The maximum Gasteiger partial charge on any atom is 0.306 e. The lowest BCUT2D eigenvalue weighted by Crippen LogP contribution is -2.51. The molecular weight excluding hydrogens is 813 g/mol. The van der Waals surface area contributed by atoms with Crippen LogP contribution in [0.3, 0.4) is 0 Å². The van der Waals surface area contributed by atoms with Gasteiger partial charge in [0.05, 0.1) is 20.6 Å². The molecule has 11 nitrogen and oxygen atoms in total. The molecule has 0 spiro atoms. The zero-order chi connectivity index (χ0) is 47.7. The number of quaternary nitrogens is 1. The molecule has 2 unspecified atom stereocenters. The third-order valence-electron chi connectivity index (χ3n) is 12.2. The summed E-state index contributed by atoms with van der Waals surface area (Å²) in [5, 5.41) is 10.1. The van der Waals surface area contributed by atoms with Crippen LogP contribution in [0.2, 0.25) is 0 Å². The Morgan fingerprint density at radius 2 is 1.02 bits per heavy atom. The average molecular weight is 920 g/mol. The van der Waals surface area contributed by atoms with Gasteiger partial charge in [-0.2, -0.15) is 0 Å². The lowest BCUT2D eigenvalue weighted by Gasteiger charge is -2.33. The highest BCUT2D eigenvalue weighted by molar-refractivity contribution is 5.75. The van der Waals surface area contributed by atoms with Gasteiger partial charge in [0.1, 0.15) is 13.2 Å². The Morgan fingerprint density at radius 3 is 1.52 bits per heavy atom. The summed E-state index contributed by atoms with van der Waals surface area (Å²) in [7, 11) is 4.25. The van der Waals surface area contributed by atoms with E-state index in [4.69, 9.17) is 20.9 Å². The Bertz CT molecular complexity index is 1130. The first-order valence-corrected chi connectivity index (χ1v) is 27.2. The van der Waals surface area contributed by atoms with Crippen molar-refractivity contribution in [2.45, 2.75) is 231 Å². The molecule has 0 rings (SSSR count). The zero-order valence-corrected chi connectivity index (χ0v) is 43.1. The van der Waals surface area contributed by atoms with Crippen molar-refractivity contribution >= 4 is 17.8 Å². The van der Waals surface area contributed by atoms with Crippen molar-refractivity contribution in [3.8, 4) is 0 Å². The summed E-state index contributed by atoms with van der Waals surface area (Å²) in [5.41, 5.74) is 11.3. The monoisotopic (exact) mass is 920 g/mol. The summed E-state index contributed by atoms with van der Waals surface area (Å²) in [6, 6.07) is 0.142. The van der Waals surface area contributed by atoms with E-state index in [9.17, 15) is 14.4 Å². The molecule has 65 heavy (non-hydrogen) atoms. The van der Waals surface area contributed by atoms with Gasteiger partial charge in [0.25, 0.3) is 0 Å². The van der Waals surface area contributed by atoms with Gasteiger partial charge in [0, 0.05) is 44.9 Å². The summed E-state index contributed by atoms with van der Waals surface area (Å²) in [4.78, 5) is 38.3. The van der Waals surface area contributed by atoms with Gasteiger partial charge in [-0.15, -0.1) is 0 Å². The zero-order valence-electron chi connectivity index (χ0n) is 43.1. The molecule has 0 saturated heterocycles. The fraction of sp³-hybridized carbons (Fsp3) is 0.870. The first-order chi connectivity index (χ1) is 31.7. The number of carbonyl (C=O) groups is 3. The number of nitrogens with one attached hydrogen (secondary N) is 3. The molecule has 2 atom stereocenters. The Morgan fingerprint density at radius 1 is 0.554 bits per heavy atom. The van der Waals surface area contributed by atoms with Crippen LogP contribution in [-0.4, -0.2) is 108 Å². The van der Waals surface area contributed by atoms with Crippen LogP contribution in [-0.2, 0) is 23.9 Å². The fourth-order valence-corrected chi connectivity index (χ4v) is 8.02. The number of allylic oxidation sites excluding steroid dienone is 4. The molecule has 0 aromatic heterocycles. The molecule has 0 aromatic rings. The molecule has 382 valence electrons. The molecule has 0 aliphatic carbocycles. The summed E-state index contributed by atoms with van der Waals surface area (Å²) in [5.74, 6) is -0.375. The smallest absolute Gasteiger partial charge is 0.306 e. The SMILES string of the molecule is CCCCCCCCC=CCCCCCCCC(=O)OCC(C[N+](C)(C)CCNCC(CCC(=O)NCCCN)NCCCN)OC(=O)CCCCCCCC=CCCCCCCCC. The summed E-state index contributed by atoms with van der Waals surface area (Å²) in [6.45, 7) is 10.0. The predicted octanol–water partition coefficient (Wildman–Crippen LogP) is 10.7.